The van der Waals surface area contributed by atoms with Crippen LogP contribution in [0.15, 0.2) is 35.3 Å². The van der Waals surface area contributed by atoms with Crippen molar-refractivity contribution in [1.29, 1.82) is 0 Å². The van der Waals surface area contributed by atoms with Gasteiger partial charge in [-0.05, 0) is 45.7 Å². The fourth-order valence-electron chi connectivity index (χ4n) is 3.68. The molecule has 0 aromatic heterocycles. The molecule has 1 aliphatic heterocycles. The van der Waals surface area contributed by atoms with Crippen molar-refractivity contribution in [2.75, 3.05) is 32.8 Å². The fraction of sp³-hybridized carbons (Fsp3) is 0.667. The third kappa shape index (κ3) is 7.95. The minimum atomic E-state index is 0. The van der Waals surface area contributed by atoms with Gasteiger partial charge in [-0.2, -0.15) is 0 Å². The van der Waals surface area contributed by atoms with Crippen molar-refractivity contribution >= 4 is 29.9 Å². The van der Waals surface area contributed by atoms with Crippen molar-refractivity contribution in [3.63, 3.8) is 0 Å². The second kappa shape index (κ2) is 13.3. The molecule has 2 rings (SSSR count). The summed E-state index contributed by atoms with van der Waals surface area (Å²) in [4.78, 5) is 7.37. The monoisotopic (exact) mass is 488 g/mol. The van der Waals surface area contributed by atoms with Gasteiger partial charge in [0.2, 0.25) is 0 Å². The number of aliphatic hydroxyl groups excluding tert-OH is 1. The number of aliphatic imine (C=N–C) groups is 1. The van der Waals surface area contributed by atoms with Crippen LogP contribution in [-0.2, 0) is 0 Å². The molecule has 154 valence electrons. The first-order valence-electron chi connectivity index (χ1n) is 10.1. The lowest BCUT2D eigenvalue weighted by Crippen LogP contribution is -2.46. The molecular weight excluding hydrogens is 451 g/mol. The van der Waals surface area contributed by atoms with E-state index in [1.807, 2.05) is 18.2 Å². The lowest BCUT2D eigenvalue weighted by atomic mass is 10.0. The summed E-state index contributed by atoms with van der Waals surface area (Å²) in [5.41, 5.74) is 1.15. The Morgan fingerprint density at radius 1 is 1.26 bits per heavy atom. The normalized spacial score (nSPS) is 20.4. The molecule has 1 fully saturated rings. The van der Waals surface area contributed by atoms with Crippen LogP contribution in [0, 0.1) is 0 Å². The maximum absolute atomic E-state index is 9.73. The Kier molecular flexibility index (Phi) is 11.9. The molecule has 3 atom stereocenters. The molecular formula is C21H37IN4O. The van der Waals surface area contributed by atoms with E-state index >= 15 is 0 Å². The number of benzene rings is 1. The number of halogens is 1. The fourth-order valence-corrected chi connectivity index (χ4v) is 3.68. The van der Waals surface area contributed by atoms with E-state index in [4.69, 9.17) is 4.99 Å². The molecule has 3 N–H and O–H groups in total. The summed E-state index contributed by atoms with van der Waals surface area (Å²) in [5, 5.41) is 16.5. The van der Waals surface area contributed by atoms with Crippen molar-refractivity contribution < 1.29 is 5.11 Å². The number of guanidine groups is 1. The Bertz CT molecular complexity index is 540. The molecule has 0 amide bonds. The summed E-state index contributed by atoms with van der Waals surface area (Å²) in [7, 11) is 0. The summed E-state index contributed by atoms with van der Waals surface area (Å²) in [6, 6.07) is 11.3. The van der Waals surface area contributed by atoms with E-state index in [1.54, 1.807) is 0 Å². The number of nitrogens with zero attached hydrogens (tertiary/aromatic N) is 2. The molecule has 6 heteroatoms. The standard InChI is InChI=1S/C21H36N4O.HI/c1-4-22-21(23-14-18(3)25-13-9-8-10-17(25)2)24-15-20(16-26)19-11-6-5-7-12-19;/h5-7,11-12,17-18,20,26H,4,8-10,13-16H2,1-3H3,(H2,22,23,24);1H. The van der Waals surface area contributed by atoms with E-state index in [2.05, 4.69) is 48.4 Å². The van der Waals surface area contributed by atoms with E-state index in [0.717, 1.165) is 24.6 Å². The molecule has 0 spiro atoms. The van der Waals surface area contributed by atoms with Crippen molar-refractivity contribution in [2.24, 2.45) is 4.99 Å². The third-order valence-electron chi connectivity index (χ3n) is 5.29. The van der Waals surface area contributed by atoms with E-state index in [0.29, 0.717) is 18.6 Å². The number of aliphatic hydroxyl groups is 1. The van der Waals surface area contributed by atoms with Crippen LogP contribution in [0.3, 0.4) is 0 Å². The maximum Gasteiger partial charge on any atom is 0.191 e. The zero-order valence-corrected chi connectivity index (χ0v) is 19.4. The van der Waals surface area contributed by atoms with Gasteiger partial charge in [0, 0.05) is 31.1 Å². The quantitative estimate of drug-likeness (QED) is 0.299. The zero-order chi connectivity index (χ0) is 18.8. The predicted octanol–water partition coefficient (Wildman–Crippen LogP) is 3.20. The average molecular weight is 488 g/mol. The highest BCUT2D eigenvalue weighted by Crippen LogP contribution is 2.19. The molecule has 0 radical (unpaired) electrons. The lowest BCUT2D eigenvalue weighted by molar-refractivity contribution is 0.118. The number of rotatable bonds is 8. The van der Waals surface area contributed by atoms with Gasteiger partial charge in [0.05, 0.1) is 13.2 Å². The third-order valence-corrected chi connectivity index (χ3v) is 5.29. The minimum Gasteiger partial charge on any atom is -0.396 e. The van der Waals surface area contributed by atoms with Gasteiger partial charge in [0.15, 0.2) is 5.96 Å². The lowest BCUT2D eigenvalue weighted by Gasteiger charge is -2.37. The van der Waals surface area contributed by atoms with Crippen LogP contribution in [0.25, 0.3) is 0 Å². The summed E-state index contributed by atoms with van der Waals surface area (Å²) < 4.78 is 0. The van der Waals surface area contributed by atoms with Crippen molar-refractivity contribution in [3.05, 3.63) is 35.9 Å². The first-order chi connectivity index (χ1) is 12.7. The molecule has 0 bridgehead atoms. The van der Waals surface area contributed by atoms with Gasteiger partial charge in [-0.15, -0.1) is 24.0 Å². The van der Waals surface area contributed by atoms with Gasteiger partial charge in [0.1, 0.15) is 0 Å². The number of piperidine rings is 1. The Balaban J connectivity index is 0.00000364. The minimum absolute atomic E-state index is 0. The topological polar surface area (TPSA) is 59.9 Å². The van der Waals surface area contributed by atoms with Crippen LogP contribution in [0.1, 0.15) is 51.5 Å². The Labute approximate surface area is 182 Å². The molecule has 1 aromatic rings. The highest BCUT2D eigenvalue weighted by atomic mass is 127. The summed E-state index contributed by atoms with van der Waals surface area (Å²) in [6.45, 7) is 10.3. The molecule has 1 saturated heterocycles. The summed E-state index contributed by atoms with van der Waals surface area (Å²) >= 11 is 0. The summed E-state index contributed by atoms with van der Waals surface area (Å²) in [6.07, 6.45) is 3.94. The molecule has 0 aliphatic carbocycles. The molecule has 1 aliphatic rings. The molecule has 0 saturated carbocycles. The van der Waals surface area contributed by atoms with Gasteiger partial charge >= 0.3 is 0 Å². The van der Waals surface area contributed by atoms with Gasteiger partial charge in [-0.25, -0.2) is 0 Å². The first kappa shape index (κ1) is 24.2. The molecule has 5 nitrogen and oxygen atoms in total. The number of likely N-dealkylation sites (tertiary alicyclic amines) is 1. The van der Waals surface area contributed by atoms with Gasteiger partial charge < -0.3 is 15.7 Å². The Hall–Kier alpha value is -0.860. The molecule has 1 heterocycles. The Morgan fingerprint density at radius 3 is 2.63 bits per heavy atom. The zero-order valence-electron chi connectivity index (χ0n) is 17.0. The highest BCUT2D eigenvalue weighted by Gasteiger charge is 2.22. The SMILES string of the molecule is CCNC(=NCC(C)N1CCCCC1C)NCC(CO)c1ccccc1.I. The second-order valence-electron chi connectivity index (χ2n) is 7.32. The maximum atomic E-state index is 9.73. The second-order valence-corrected chi connectivity index (χ2v) is 7.32. The van der Waals surface area contributed by atoms with E-state index in [-0.39, 0.29) is 36.5 Å². The van der Waals surface area contributed by atoms with Crippen LogP contribution >= 0.6 is 24.0 Å². The largest absolute Gasteiger partial charge is 0.396 e. The van der Waals surface area contributed by atoms with Gasteiger partial charge in [0.25, 0.3) is 0 Å². The number of nitrogens with one attached hydrogen (secondary N) is 2. The number of hydrogen-bond acceptors (Lipinski definition) is 3. The van der Waals surface area contributed by atoms with Gasteiger partial charge in [-0.3, -0.25) is 9.89 Å². The van der Waals surface area contributed by atoms with Gasteiger partial charge in [-0.1, -0.05) is 36.8 Å². The van der Waals surface area contributed by atoms with Crippen LogP contribution in [0.5, 0.6) is 0 Å². The number of hydrogen-bond donors (Lipinski definition) is 3. The highest BCUT2D eigenvalue weighted by molar-refractivity contribution is 14.0. The van der Waals surface area contributed by atoms with Crippen molar-refractivity contribution in [1.82, 2.24) is 15.5 Å². The molecule has 1 aromatic carbocycles. The van der Waals surface area contributed by atoms with E-state index in [1.165, 1.54) is 25.8 Å². The predicted molar refractivity (Wildman–Crippen MR) is 125 cm³/mol. The first-order valence-corrected chi connectivity index (χ1v) is 10.1. The van der Waals surface area contributed by atoms with E-state index in [9.17, 15) is 5.11 Å². The van der Waals surface area contributed by atoms with Crippen LogP contribution in [-0.4, -0.2) is 60.8 Å². The Morgan fingerprint density at radius 2 is 2.00 bits per heavy atom. The van der Waals surface area contributed by atoms with Crippen molar-refractivity contribution in [3.8, 4) is 0 Å². The van der Waals surface area contributed by atoms with Crippen LogP contribution in [0.4, 0.5) is 0 Å². The van der Waals surface area contributed by atoms with Crippen LogP contribution < -0.4 is 10.6 Å². The average Bonchev–Trinajstić information content (AvgIpc) is 2.67. The van der Waals surface area contributed by atoms with E-state index < -0.39 is 0 Å². The summed E-state index contributed by atoms with van der Waals surface area (Å²) in [5.74, 6) is 0.901. The van der Waals surface area contributed by atoms with Crippen molar-refractivity contribution in [2.45, 2.75) is 58.0 Å². The molecule has 3 unspecified atom stereocenters. The molecule has 27 heavy (non-hydrogen) atoms. The van der Waals surface area contributed by atoms with Crippen LogP contribution in [0.2, 0.25) is 0 Å². The smallest absolute Gasteiger partial charge is 0.191 e.